The van der Waals surface area contributed by atoms with E-state index in [9.17, 15) is 0 Å². The molecule has 1 heteroatoms. The summed E-state index contributed by atoms with van der Waals surface area (Å²) in [6.45, 7) is 3.26. The molecule has 0 N–H and O–H groups in total. The summed E-state index contributed by atoms with van der Waals surface area (Å²) in [5, 5.41) is 0. The second-order valence-corrected chi connectivity index (χ2v) is 5.80. The van der Waals surface area contributed by atoms with Gasteiger partial charge in [0.2, 0.25) is 0 Å². The second-order valence-electron chi connectivity index (χ2n) is 5.80. The first-order valence-corrected chi connectivity index (χ1v) is 6.96. The van der Waals surface area contributed by atoms with Crippen molar-refractivity contribution in [1.29, 1.82) is 0 Å². The Bertz CT molecular complexity index is 472. The van der Waals surface area contributed by atoms with Gasteiger partial charge < -0.3 is 4.74 Å². The van der Waals surface area contributed by atoms with Crippen LogP contribution in [0.3, 0.4) is 0 Å². The predicted octanol–water partition coefficient (Wildman–Crippen LogP) is 3.88. The fraction of sp³-hybridized carbons (Fsp3) is 0.333. The predicted molar refractivity (Wildman–Crippen MR) is 78.1 cm³/mol. The third-order valence-corrected chi connectivity index (χ3v) is 4.01. The van der Waals surface area contributed by atoms with Gasteiger partial charge in [-0.25, -0.2) is 0 Å². The van der Waals surface area contributed by atoms with Gasteiger partial charge in [0.15, 0.2) is 0 Å². The van der Waals surface area contributed by atoms with E-state index in [0.717, 1.165) is 19.4 Å². The number of ether oxygens (including phenoxy) is 1. The van der Waals surface area contributed by atoms with Gasteiger partial charge in [0.25, 0.3) is 0 Å². The number of benzene rings is 2. The monoisotopic (exact) mass is 252 g/mol. The number of hydrogen-bond donors (Lipinski definition) is 0. The molecule has 1 aliphatic rings. The van der Waals surface area contributed by atoms with Crippen molar-refractivity contribution in [3.63, 3.8) is 0 Å². The van der Waals surface area contributed by atoms with Gasteiger partial charge in [-0.1, -0.05) is 67.6 Å². The zero-order chi connectivity index (χ0) is 13.1. The van der Waals surface area contributed by atoms with Gasteiger partial charge in [-0.05, 0) is 24.0 Å². The van der Waals surface area contributed by atoms with Crippen molar-refractivity contribution >= 4 is 0 Å². The van der Waals surface area contributed by atoms with Crippen LogP contribution in [0, 0.1) is 5.41 Å². The molecule has 0 bridgehead atoms. The summed E-state index contributed by atoms with van der Waals surface area (Å²) in [4.78, 5) is 0. The molecule has 1 saturated heterocycles. The lowest BCUT2D eigenvalue weighted by atomic mass is 9.76. The highest BCUT2D eigenvalue weighted by atomic mass is 16.6. The molecule has 1 unspecified atom stereocenters. The summed E-state index contributed by atoms with van der Waals surface area (Å²) in [5.41, 5.74) is 3.00. The first-order valence-electron chi connectivity index (χ1n) is 6.96. The van der Waals surface area contributed by atoms with E-state index in [1.165, 1.54) is 11.1 Å². The summed E-state index contributed by atoms with van der Waals surface area (Å²) in [6.07, 6.45) is 2.56. The molecule has 0 aliphatic carbocycles. The van der Waals surface area contributed by atoms with Crippen LogP contribution in [0.2, 0.25) is 0 Å². The second kappa shape index (κ2) is 5.18. The maximum Gasteiger partial charge on any atom is 0.0869 e. The third-order valence-electron chi connectivity index (χ3n) is 4.01. The molecule has 1 fully saturated rings. The van der Waals surface area contributed by atoms with Crippen LogP contribution < -0.4 is 0 Å². The smallest absolute Gasteiger partial charge is 0.0869 e. The van der Waals surface area contributed by atoms with Gasteiger partial charge in [0.1, 0.15) is 0 Å². The van der Waals surface area contributed by atoms with Gasteiger partial charge in [-0.15, -0.1) is 0 Å². The van der Waals surface area contributed by atoms with E-state index < -0.39 is 0 Å². The van der Waals surface area contributed by atoms with Crippen molar-refractivity contribution in [3.05, 3.63) is 71.8 Å². The van der Waals surface area contributed by atoms with Gasteiger partial charge in [-0.2, -0.15) is 0 Å². The number of hydrogen-bond acceptors (Lipinski definition) is 1. The maximum absolute atomic E-state index is 5.62. The molecule has 1 atom stereocenters. The highest BCUT2D eigenvalue weighted by Crippen LogP contribution is 2.39. The zero-order valence-corrected chi connectivity index (χ0v) is 11.4. The van der Waals surface area contributed by atoms with Crippen LogP contribution in [0.15, 0.2) is 60.7 Å². The Hall–Kier alpha value is -1.60. The highest BCUT2D eigenvalue weighted by Gasteiger charge is 2.43. The molecule has 1 nitrogen and oxygen atoms in total. The molecule has 2 aromatic rings. The largest absolute Gasteiger partial charge is 0.373 e. The van der Waals surface area contributed by atoms with Crippen molar-refractivity contribution in [1.82, 2.24) is 0 Å². The van der Waals surface area contributed by atoms with E-state index in [4.69, 9.17) is 4.74 Å². The minimum atomic E-state index is 0.197. The van der Waals surface area contributed by atoms with Crippen molar-refractivity contribution in [3.8, 4) is 0 Å². The Kier molecular flexibility index (Phi) is 3.39. The third kappa shape index (κ3) is 3.05. The molecular weight excluding hydrogens is 232 g/mol. The summed E-state index contributed by atoms with van der Waals surface area (Å²) >= 11 is 0. The van der Waals surface area contributed by atoms with Crippen LogP contribution >= 0.6 is 0 Å². The van der Waals surface area contributed by atoms with Crippen molar-refractivity contribution in [2.24, 2.45) is 5.41 Å². The zero-order valence-electron chi connectivity index (χ0n) is 11.4. The van der Waals surface area contributed by atoms with E-state index in [2.05, 4.69) is 67.6 Å². The van der Waals surface area contributed by atoms with E-state index in [0.29, 0.717) is 6.10 Å². The van der Waals surface area contributed by atoms with Gasteiger partial charge in [0.05, 0.1) is 12.7 Å². The first-order chi connectivity index (χ1) is 9.26. The molecule has 19 heavy (non-hydrogen) atoms. The molecule has 1 heterocycles. The topological polar surface area (TPSA) is 12.5 Å². The normalized spacial score (nSPS) is 18.3. The molecule has 0 radical (unpaired) electrons. The minimum absolute atomic E-state index is 0.197. The van der Waals surface area contributed by atoms with Crippen LogP contribution in [0.4, 0.5) is 0 Å². The molecule has 0 spiro atoms. The van der Waals surface area contributed by atoms with E-state index in [1.54, 1.807) is 0 Å². The minimum Gasteiger partial charge on any atom is -0.373 e. The Labute approximate surface area is 115 Å². The van der Waals surface area contributed by atoms with Crippen LogP contribution in [-0.2, 0) is 17.6 Å². The Morgan fingerprint density at radius 1 is 0.895 bits per heavy atom. The summed E-state index contributed by atoms with van der Waals surface area (Å²) < 4.78 is 5.62. The molecule has 2 aromatic carbocycles. The van der Waals surface area contributed by atoms with E-state index >= 15 is 0 Å². The fourth-order valence-electron chi connectivity index (χ4n) is 2.87. The lowest BCUT2D eigenvalue weighted by Gasteiger charge is -2.28. The van der Waals surface area contributed by atoms with Crippen LogP contribution in [0.25, 0.3) is 0 Å². The Morgan fingerprint density at radius 2 is 1.32 bits per heavy atom. The molecular formula is C18H20O. The molecule has 3 rings (SSSR count). The van der Waals surface area contributed by atoms with Gasteiger partial charge >= 0.3 is 0 Å². The van der Waals surface area contributed by atoms with E-state index in [-0.39, 0.29) is 5.41 Å². The molecule has 0 amide bonds. The number of epoxide rings is 1. The molecule has 98 valence electrons. The summed E-state index contributed by atoms with van der Waals surface area (Å²) in [7, 11) is 0. The SMILES string of the molecule is CC(Cc1ccccc1)(Cc1ccccc1)C1CO1. The fourth-order valence-corrected chi connectivity index (χ4v) is 2.87. The van der Waals surface area contributed by atoms with Crippen molar-refractivity contribution in [2.45, 2.75) is 25.9 Å². The van der Waals surface area contributed by atoms with Gasteiger partial charge in [-0.3, -0.25) is 0 Å². The maximum atomic E-state index is 5.62. The average molecular weight is 252 g/mol. The van der Waals surface area contributed by atoms with Crippen LogP contribution in [-0.4, -0.2) is 12.7 Å². The van der Waals surface area contributed by atoms with Crippen molar-refractivity contribution < 1.29 is 4.74 Å². The summed E-state index contributed by atoms with van der Waals surface area (Å²) in [6, 6.07) is 21.5. The Morgan fingerprint density at radius 3 is 1.68 bits per heavy atom. The lowest BCUT2D eigenvalue weighted by molar-refractivity contribution is 0.216. The quantitative estimate of drug-likeness (QED) is 0.736. The van der Waals surface area contributed by atoms with Gasteiger partial charge in [0, 0.05) is 5.41 Å². The highest BCUT2D eigenvalue weighted by molar-refractivity contribution is 5.22. The molecule has 1 aliphatic heterocycles. The number of rotatable bonds is 5. The summed E-state index contributed by atoms with van der Waals surface area (Å²) in [5.74, 6) is 0. The van der Waals surface area contributed by atoms with Crippen LogP contribution in [0.1, 0.15) is 18.1 Å². The average Bonchev–Trinajstić information content (AvgIpc) is 3.25. The Balaban J connectivity index is 1.79. The lowest BCUT2D eigenvalue weighted by Crippen LogP contribution is -2.29. The van der Waals surface area contributed by atoms with Crippen molar-refractivity contribution in [2.75, 3.05) is 6.61 Å². The van der Waals surface area contributed by atoms with Crippen LogP contribution in [0.5, 0.6) is 0 Å². The molecule has 0 aromatic heterocycles. The standard InChI is InChI=1S/C18H20O/c1-18(17-14-19-17,12-15-8-4-2-5-9-15)13-16-10-6-3-7-11-16/h2-11,17H,12-14H2,1H3. The molecule has 0 saturated carbocycles. The first kappa shape index (κ1) is 12.4. The van der Waals surface area contributed by atoms with E-state index in [1.807, 2.05) is 0 Å².